The standard InChI is InChI=1S/C21H14FN3O2/c22-16-6-10-18(11-7-16)27-17-8-4-15(5-9-17)19-12-13-21(26)25(24-19)20-3-1-2-14-23-20/h1-14H. The van der Waals surface area contributed by atoms with Crippen LogP contribution in [-0.2, 0) is 0 Å². The van der Waals surface area contributed by atoms with Crippen molar-refractivity contribution >= 4 is 0 Å². The van der Waals surface area contributed by atoms with Gasteiger partial charge < -0.3 is 4.74 Å². The highest BCUT2D eigenvalue weighted by Crippen LogP contribution is 2.24. The van der Waals surface area contributed by atoms with Gasteiger partial charge in [0.2, 0.25) is 0 Å². The molecule has 0 N–H and O–H groups in total. The third kappa shape index (κ3) is 3.74. The lowest BCUT2D eigenvalue weighted by molar-refractivity contribution is 0.480. The highest BCUT2D eigenvalue weighted by molar-refractivity contribution is 5.59. The molecule has 0 aliphatic carbocycles. The summed E-state index contributed by atoms with van der Waals surface area (Å²) in [6.45, 7) is 0. The van der Waals surface area contributed by atoms with E-state index in [0.29, 0.717) is 23.0 Å². The minimum atomic E-state index is -0.313. The molecule has 6 heteroatoms. The van der Waals surface area contributed by atoms with Crippen LogP contribution in [0.4, 0.5) is 4.39 Å². The SMILES string of the molecule is O=c1ccc(-c2ccc(Oc3ccc(F)cc3)cc2)nn1-c1ccccn1. The van der Waals surface area contributed by atoms with Crippen molar-refractivity contribution < 1.29 is 9.13 Å². The topological polar surface area (TPSA) is 57.0 Å². The van der Waals surface area contributed by atoms with E-state index in [-0.39, 0.29) is 11.4 Å². The van der Waals surface area contributed by atoms with Crippen LogP contribution in [0.15, 0.2) is 89.9 Å². The second-order valence-corrected chi connectivity index (χ2v) is 5.74. The Balaban J connectivity index is 1.60. The van der Waals surface area contributed by atoms with Crippen LogP contribution in [0.2, 0.25) is 0 Å². The number of hydrogen-bond donors (Lipinski definition) is 0. The molecule has 0 unspecified atom stereocenters. The van der Waals surface area contributed by atoms with Crippen molar-refractivity contribution in [2.45, 2.75) is 0 Å². The molecule has 4 aromatic rings. The lowest BCUT2D eigenvalue weighted by Crippen LogP contribution is -2.21. The van der Waals surface area contributed by atoms with E-state index in [2.05, 4.69) is 10.1 Å². The van der Waals surface area contributed by atoms with Crippen LogP contribution in [0, 0.1) is 5.82 Å². The van der Waals surface area contributed by atoms with Crippen LogP contribution < -0.4 is 10.3 Å². The van der Waals surface area contributed by atoms with E-state index >= 15 is 0 Å². The molecule has 2 aromatic carbocycles. The normalized spacial score (nSPS) is 10.6. The Morgan fingerprint density at radius 3 is 2.19 bits per heavy atom. The number of rotatable bonds is 4. The van der Waals surface area contributed by atoms with Gasteiger partial charge in [0.1, 0.15) is 17.3 Å². The molecule has 0 saturated heterocycles. The zero-order chi connectivity index (χ0) is 18.6. The number of benzene rings is 2. The zero-order valence-corrected chi connectivity index (χ0v) is 14.1. The van der Waals surface area contributed by atoms with Gasteiger partial charge in [-0.2, -0.15) is 9.78 Å². The van der Waals surface area contributed by atoms with E-state index in [4.69, 9.17) is 4.74 Å². The van der Waals surface area contributed by atoms with Crippen LogP contribution in [0.5, 0.6) is 11.5 Å². The van der Waals surface area contributed by atoms with Gasteiger partial charge in [-0.15, -0.1) is 0 Å². The summed E-state index contributed by atoms with van der Waals surface area (Å²) in [5.41, 5.74) is 1.20. The summed E-state index contributed by atoms with van der Waals surface area (Å²) in [4.78, 5) is 16.3. The van der Waals surface area contributed by atoms with Crippen molar-refractivity contribution in [3.8, 4) is 28.6 Å². The van der Waals surface area contributed by atoms with E-state index < -0.39 is 0 Å². The maximum absolute atomic E-state index is 13.0. The molecule has 27 heavy (non-hydrogen) atoms. The first-order valence-corrected chi connectivity index (χ1v) is 8.25. The van der Waals surface area contributed by atoms with Crippen molar-refractivity contribution in [2.24, 2.45) is 0 Å². The van der Waals surface area contributed by atoms with Crippen molar-refractivity contribution in [1.29, 1.82) is 0 Å². The van der Waals surface area contributed by atoms with Gasteiger partial charge in [0.05, 0.1) is 5.69 Å². The Morgan fingerprint density at radius 1 is 0.815 bits per heavy atom. The minimum Gasteiger partial charge on any atom is -0.457 e. The average molecular weight is 359 g/mol. The highest BCUT2D eigenvalue weighted by Gasteiger charge is 2.07. The number of pyridine rings is 1. The minimum absolute atomic E-state index is 0.256. The molecular weight excluding hydrogens is 345 g/mol. The average Bonchev–Trinajstić information content (AvgIpc) is 2.71. The van der Waals surface area contributed by atoms with E-state index in [0.717, 1.165) is 5.56 Å². The van der Waals surface area contributed by atoms with Gasteiger partial charge in [-0.05, 0) is 66.7 Å². The van der Waals surface area contributed by atoms with E-state index in [1.165, 1.54) is 22.9 Å². The molecule has 5 nitrogen and oxygen atoms in total. The van der Waals surface area contributed by atoms with Crippen molar-refractivity contribution in [3.05, 3.63) is 101 Å². The van der Waals surface area contributed by atoms with Gasteiger partial charge in [-0.1, -0.05) is 6.07 Å². The lowest BCUT2D eigenvalue weighted by atomic mass is 10.1. The Labute approximate surface area is 154 Å². The largest absolute Gasteiger partial charge is 0.457 e. The predicted molar refractivity (Wildman–Crippen MR) is 99.5 cm³/mol. The molecule has 2 heterocycles. The fraction of sp³-hybridized carbons (Fsp3) is 0. The van der Waals surface area contributed by atoms with Gasteiger partial charge >= 0.3 is 0 Å². The maximum Gasteiger partial charge on any atom is 0.272 e. The van der Waals surface area contributed by atoms with E-state index in [9.17, 15) is 9.18 Å². The van der Waals surface area contributed by atoms with Crippen LogP contribution in [0.25, 0.3) is 17.1 Å². The number of aromatic nitrogens is 3. The smallest absolute Gasteiger partial charge is 0.272 e. The fourth-order valence-electron chi connectivity index (χ4n) is 2.54. The first-order chi connectivity index (χ1) is 13.2. The molecule has 2 aromatic heterocycles. The molecule has 0 aliphatic rings. The number of halogens is 1. The summed E-state index contributed by atoms with van der Waals surface area (Å²) < 4.78 is 19.9. The van der Waals surface area contributed by atoms with Crippen LogP contribution in [-0.4, -0.2) is 14.8 Å². The molecule has 0 aliphatic heterocycles. The van der Waals surface area contributed by atoms with Crippen molar-refractivity contribution in [2.75, 3.05) is 0 Å². The Kier molecular flexibility index (Phi) is 4.45. The highest BCUT2D eigenvalue weighted by atomic mass is 19.1. The summed E-state index contributed by atoms with van der Waals surface area (Å²) >= 11 is 0. The van der Waals surface area contributed by atoms with Crippen molar-refractivity contribution in [3.63, 3.8) is 0 Å². The molecule has 0 radical (unpaired) electrons. The Morgan fingerprint density at radius 2 is 1.52 bits per heavy atom. The van der Waals surface area contributed by atoms with Gasteiger partial charge in [0.15, 0.2) is 5.82 Å². The first kappa shape index (κ1) is 16.7. The molecule has 4 rings (SSSR count). The number of nitrogens with zero attached hydrogens (tertiary/aromatic N) is 3. The monoisotopic (exact) mass is 359 g/mol. The Hall–Kier alpha value is -3.80. The lowest BCUT2D eigenvalue weighted by Gasteiger charge is -2.08. The van der Waals surface area contributed by atoms with Gasteiger partial charge in [-0.25, -0.2) is 9.37 Å². The number of hydrogen-bond acceptors (Lipinski definition) is 4. The molecule has 0 amide bonds. The summed E-state index contributed by atoms with van der Waals surface area (Å²) in [7, 11) is 0. The molecule has 0 saturated carbocycles. The summed E-state index contributed by atoms with van der Waals surface area (Å²) in [6.07, 6.45) is 1.61. The molecule has 132 valence electrons. The maximum atomic E-state index is 13.0. The Bertz CT molecular complexity index is 1110. The first-order valence-electron chi connectivity index (χ1n) is 8.25. The van der Waals surface area contributed by atoms with Crippen LogP contribution >= 0.6 is 0 Å². The molecule has 0 atom stereocenters. The van der Waals surface area contributed by atoms with Gasteiger partial charge in [-0.3, -0.25) is 4.79 Å². The number of ether oxygens (including phenoxy) is 1. The predicted octanol–water partition coefficient (Wildman–Crippen LogP) is 4.23. The molecule has 0 bridgehead atoms. The summed E-state index contributed by atoms with van der Waals surface area (Å²) in [5, 5.41) is 4.40. The third-order valence-corrected chi connectivity index (χ3v) is 3.87. The van der Waals surface area contributed by atoms with Crippen LogP contribution in [0.3, 0.4) is 0 Å². The molecule has 0 spiro atoms. The van der Waals surface area contributed by atoms with E-state index in [1.54, 1.807) is 54.7 Å². The second kappa shape index (κ2) is 7.21. The second-order valence-electron chi connectivity index (χ2n) is 5.74. The zero-order valence-electron chi connectivity index (χ0n) is 14.1. The van der Waals surface area contributed by atoms with Crippen LogP contribution in [0.1, 0.15) is 0 Å². The third-order valence-electron chi connectivity index (χ3n) is 3.87. The summed E-state index contributed by atoms with van der Waals surface area (Å²) in [6, 6.07) is 21.5. The van der Waals surface area contributed by atoms with Gasteiger partial charge in [0.25, 0.3) is 5.56 Å². The van der Waals surface area contributed by atoms with E-state index in [1.807, 2.05) is 12.1 Å². The van der Waals surface area contributed by atoms with Gasteiger partial charge in [0, 0.05) is 17.8 Å². The van der Waals surface area contributed by atoms with Crippen molar-refractivity contribution in [1.82, 2.24) is 14.8 Å². The molecule has 0 fully saturated rings. The quantitative estimate of drug-likeness (QED) is 0.547. The fourth-order valence-corrected chi connectivity index (χ4v) is 2.54. The molecular formula is C21H14FN3O2. The summed E-state index contributed by atoms with van der Waals surface area (Å²) in [5.74, 6) is 1.31.